The number of hydrogen-bond acceptors (Lipinski definition) is 2. The van der Waals surface area contributed by atoms with Crippen LogP contribution >= 0.6 is 0 Å². The van der Waals surface area contributed by atoms with Crippen LogP contribution in [0, 0.1) is 0 Å². The summed E-state index contributed by atoms with van der Waals surface area (Å²) in [6.45, 7) is 1.60. The minimum absolute atomic E-state index is 0.186. The number of carbonyl (C=O) groups excluding carboxylic acids is 1. The molecule has 0 fully saturated rings. The average Bonchev–Trinajstić information content (AvgIpc) is 2.65. The average molecular weight is 214 g/mol. The molecule has 0 aliphatic heterocycles. The lowest BCUT2D eigenvalue weighted by Crippen LogP contribution is -1.95. The second-order valence-corrected chi connectivity index (χ2v) is 3.95. The molecular weight excluding hydrogens is 200 g/mol. The number of ketones is 1. The number of hydrogen-bond donors (Lipinski definition) is 0. The maximum Gasteiger partial charge on any atom is 0.134 e. The van der Waals surface area contributed by atoms with Crippen molar-refractivity contribution in [1.29, 1.82) is 0 Å². The summed E-state index contributed by atoms with van der Waals surface area (Å²) >= 11 is 0. The van der Waals surface area contributed by atoms with E-state index in [-0.39, 0.29) is 5.78 Å². The molecule has 0 atom stereocenters. The van der Waals surface area contributed by atoms with E-state index in [4.69, 9.17) is 0 Å². The zero-order valence-corrected chi connectivity index (χ0v) is 9.47. The highest BCUT2D eigenvalue weighted by atomic mass is 16.1. The van der Waals surface area contributed by atoms with Gasteiger partial charge >= 0.3 is 0 Å². The highest BCUT2D eigenvalue weighted by Gasteiger charge is 2.02. The van der Waals surface area contributed by atoms with Crippen LogP contribution in [0.2, 0.25) is 0 Å². The second-order valence-electron chi connectivity index (χ2n) is 3.95. The van der Waals surface area contributed by atoms with E-state index in [0.717, 1.165) is 16.8 Å². The molecule has 0 aliphatic rings. The van der Waals surface area contributed by atoms with Crippen molar-refractivity contribution in [3.05, 3.63) is 42.1 Å². The van der Waals surface area contributed by atoms with E-state index in [2.05, 4.69) is 5.10 Å². The fourth-order valence-corrected chi connectivity index (χ4v) is 1.65. The maximum atomic E-state index is 11.0. The molecule has 3 heteroatoms. The number of Topliss-reactive ketones (excluding diaryl/α,β-unsaturated/α-hetero) is 1. The minimum Gasteiger partial charge on any atom is -0.300 e. The molecule has 0 unspecified atom stereocenters. The van der Waals surface area contributed by atoms with Crippen LogP contribution in [0.1, 0.15) is 12.5 Å². The van der Waals surface area contributed by atoms with Gasteiger partial charge in [-0.15, -0.1) is 0 Å². The van der Waals surface area contributed by atoms with E-state index in [0.29, 0.717) is 6.42 Å². The Bertz CT molecular complexity index is 497. The Hall–Kier alpha value is -1.90. The van der Waals surface area contributed by atoms with Gasteiger partial charge in [-0.25, -0.2) is 0 Å². The summed E-state index contributed by atoms with van der Waals surface area (Å²) in [4.78, 5) is 11.0. The Morgan fingerprint density at radius 3 is 2.44 bits per heavy atom. The number of carbonyl (C=O) groups is 1. The molecule has 0 amide bonds. The standard InChI is InChI=1S/C13H14N2O/c1-10(16)9-11-3-5-12(6-4-11)13-7-8-15(2)14-13/h3-8H,9H2,1-2H3. The first-order chi connectivity index (χ1) is 7.65. The van der Waals surface area contributed by atoms with Gasteiger partial charge in [0.1, 0.15) is 5.78 Å². The third-order valence-electron chi connectivity index (χ3n) is 2.42. The molecule has 2 aromatic rings. The molecular formula is C13H14N2O. The van der Waals surface area contributed by atoms with Gasteiger partial charge in [0.15, 0.2) is 0 Å². The van der Waals surface area contributed by atoms with Crippen molar-refractivity contribution in [2.75, 3.05) is 0 Å². The predicted molar refractivity (Wildman–Crippen MR) is 63.0 cm³/mol. The van der Waals surface area contributed by atoms with Crippen LogP contribution in [0.15, 0.2) is 36.5 Å². The summed E-state index contributed by atoms with van der Waals surface area (Å²) in [5.74, 6) is 0.186. The van der Waals surface area contributed by atoms with Crippen LogP contribution in [0.5, 0.6) is 0 Å². The molecule has 2 rings (SSSR count). The zero-order chi connectivity index (χ0) is 11.5. The summed E-state index contributed by atoms with van der Waals surface area (Å²) in [6, 6.07) is 9.93. The monoisotopic (exact) mass is 214 g/mol. The highest BCUT2D eigenvalue weighted by Crippen LogP contribution is 2.17. The Kier molecular flexibility index (Phi) is 2.86. The SMILES string of the molecule is CC(=O)Cc1ccc(-c2ccn(C)n2)cc1. The van der Waals surface area contributed by atoms with Crippen LogP contribution in [-0.4, -0.2) is 15.6 Å². The minimum atomic E-state index is 0.186. The van der Waals surface area contributed by atoms with Crippen molar-refractivity contribution in [2.24, 2.45) is 7.05 Å². The molecule has 16 heavy (non-hydrogen) atoms. The summed E-state index contributed by atoms with van der Waals surface area (Å²) in [5.41, 5.74) is 3.08. The number of nitrogens with zero attached hydrogens (tertiary/aromatic N) is 2. The van der Waals surface area contributed by atoms with Gasteiger partial charge in [0, 0.05) is 25.2 Å². The summed E-state index contributed by atoms with van der Waals surface area (Å²) in [5, 5.41) is 4.32. The molecule has 1 aromatic heterocycles. The van der Waals surface area contributed by atoms with Crippen LogP contribution < -0.4 is 0 Å². The van der Waals surface area contributed by atoms with E-state index in [1.165, 1.54) is 0 Å². The smallest absolute Gasteiger partial charge is 0.134 e. The molecule has 82 valence electrons. The van der Waals surface area contributed by atoms with Gasteiger partial charge in [-0.2, -0.15) is 5.10 Å². The van der Waals surface area contributed by atoms with Crippen molar-refractivity contribution < 1.29 is 4.79 Å². The Balaban J connectivity index is 2.22. The van der Waals surface area contributed by atoms with Crippen LogP contribution in [0.4, 0.5) is 0 Å². The van der Waals surface area contributed by atoms with E-state index in [9.17, 15) is 4.79 Å². The van der Waals surface area contributed by atoms with Gasteiger partial charge in [0.05, 0.1) is 5.69 Å². The molecule has 0 saturated heterocycles. The van der Waals surface area contributed by atoms with Gasteiger partial charge in [0.25, 0.3) is 0 Å². The van der Waals surface area contributed by atoms with Gasteiger partial charge in [-0.1, -0.05) is 24.3 Å². The summed E-state index contributed by atoms with van der Waals surface area (Å²) in [7, 11) is 1.90. The first-order valence-electron chi connectivity index (χ1n) is 5.23. The lowest BCUT2D eigenvalue weighted by atomic mass is 10.1. The van der Waals surface area contributed by atoms with Gasteiger partial charge < -0.3 is 0 Å². The van der Waals surface area contributed by atoms with Gasteiger partial charge in [-0.3, -0.25) is 9.48 Å². The Morgan fingerprint density at radius 1 is 1.25 bits per heavy atom. The largest absolute Gasteiger partial charge is 0.300 e. The molecule has 0 spiro atoms. The molecule has 0 saturated carbocycles. The van der Waals surface area contributed by atoms with Crippen molar-refractivity contribution in [1.82, 2.24) is 9.78 Å². The van der Waals surface area contributed by atoms with Crippen LogP contribution in [0.25, 0.3) is 11.3 Å². The highest BCUT2D eigenvalue weighted by molar-refractivity contribution is 5.78. The fraction of sp³-hybridized carbons (Fsp3) is 0.231. The molecule has 1 aromatic carbocycles. The first kappa shape index (κ1) is 10.6. The molecule has 1 heterocycles. The molecule has 0 radical (unpaired) electrons. The molecule has 0 bridgehead atoms. The Labute approximate surface area is 94.7 Å². The van der Waals surface area contributed by atoms with E-state index in [1.54, 1.807) is 11.6 Å². The third-order valence-corrected chi connectivity index (χ3v) is 2.42. The molecule has 3 nitrogen and oxygen atoms in total. The fourth-order valence-electron chi connectivity index (χ4n) is 1.65. The normalized spacial score (nSPS) is 10.4. The topological polar surface area (TPSA) is 34.9 Å². The lowest BCUT2D eigenvalue weighted by Gasteiger charge is -2.00. The van der Waals surface area contributed by atoms with E-state index in [1.807, 2.05) is 43.6 Å². The van der Waals surface area contributed by atoms with Crippen molar-refractivity contribution in [2.45, 2.75) is 13.3 Å². The number of aryl methyl sites for hydroxylation is 1. The van der Waals surface area contributed by atoms with Crippen molar-refractivity contribution in [3.8, 4) is 11.3 Å². The predicted octanol–water partition coefficient (Wildman–Crippen LogP) is 2.22. The quantitative estimate of drug-likeness (QED) is 0.785. The number of rotatable bonds is 3. The third kappa shape index (κ3) is 2.37. The second kappa shape index (κ2) is 4.31. The van der Waals surface area contributed by atoms with Crippen LogP contribution in [-0.2, 0) is 18.3 Å². The zero-order valence-electron chi connectivity index (χ0n) is 9.47. The molecule has 0 N–H and O–H groups in total. The summed E-state index contributed by atoms with van der Waals surface area (Å²) in [6.07, 6.45) is 2.42. The number of aromatic nitrogens is 2. The summed E-state index contributed by atoms with van der Waals surface area (Å²) < 4.78 is 1.78. The molecule has 0 aliphatic carbocycles. The van der Waals surface area contributed by atoms with Crippen molar-refractivity contribution >= 4 is 5.78 Å². The maximum absolute atomic E-state index is 11.0. The van der Waals surface area contributed by atoms with Gasteiger partial charge in [0.2, 0.25) is 0 Å². The van der Waals surface area contributed by atoms with E-state index >= 15 is 0 Å². The van der Waals surface area contributed by atoms with E-state index < -0.39 is 0 Å². The lowest BCUT2D eigenvalue weighted by molar-refractivity contribution is -0.116. The number of benzene rings is 1. The van der Waals surface area contributed by atoms with Crippen molar-refractivity contribution in [3.63, 3.8) is 0 Å². The van der Waals surface area contributed by atoms with Gasteiger partial charge in [-0.05, 0) is 18.6 Å². The Morgan fingerprint density at radius 2 is 1.94 bits per heavy atom. The van der Waals surface area contributed by atoms with Crippen LogP contribution in [0.3, 0.4) is 0 Å². The first-order valence-corrected chi connectivity index (χ1v) is 5.23.